The van der Waals surface area contributed by atoms with E-state index in [4.69, 9.17) is 0 Å². The van der Waals surface area contributed by atoms with E-state index in [0.717, 1.165) is 18.4 Å². The molecule has 2 nitrogen and oxygen atoms in total. The van der Waals surface area contributed by atoms with E-state index in [1.807, 2.05) is 11.7 Å². The van der Waals surface area contributed by atoms with Crippen molar-refractivity contribution in [1.29, 1.82) is 0 Å². The van der Waals surface area contributed by atoms with Gasteiger partial charge in [-0.05, 0) is 49.5 Å². The van der Waals surface area contributed by atoms with Gasteiger partial charge in [0.25, 0.3) is 0 Å². The Morgan fingerprint density at radius 1 is 1.37 bits per heavy atom. The van der Waals surface area contributed by atoms with E-state index in [1.54, 1.807) is 11.3 Å². The molecular formula is C16H28N2S. The van der Waals surface area contributed by atoms with Gasteiger partial charge in [0.2, 0.25) is 0 Å². The number of thiazole rings is 1. The molecule has 108 valence electrons. The van der Waals surface area contributed by atoms with Crippen molar-refractivity contribution >= 4 is 11.3 Å². The zero-order valence-corrected chi connectivity index (χ0v) is 13.6. The average Bonchev–Trinajstić information content (AvgIpc) is 2.83. The topological polar surface area (TPSA) is 24.9 Å². The van der Waals surface area contributed by atoms with Crippen molar-refractivity contribution in [2.75, 3.05) is 6.54 Å². The fraction of sp³-hybridized carbons (Fsp3) is 0.812. The standard InChI is InChI=1S/C16H28N2S/c1-5-18-15-7-6-13(16(2,3)4)8-12(15)9-14-10-17-11-19-14/h10-13,15,18H,5-9H2,1-4H3. The molecule has 0 saturated heterocycles. The molecule has 3 unspecified atom stereocenters. The lowest BCUT2D eigenvalue weighted by atomic mass is 9.67. The first-order valence-electron chi connectivity index (χ1n) is 7.61. The monoisotopic (exact) mass is 280 g/mol. The van der Waals surface area contributed by atoms with Crippen molar-refractivity contribution in [1.82, 2.24) is 10.3 Å². The lowest BCUT2D eigenvalue weighted by molar-refractivity contribution is 0.115. The van der Waals surface area contributed by atoms with Crippen LogP contribution in [0.4, 0.5) is 0 Å². The van der Waals surface area contributed by atoms with Crippen molar-refractivity contribution in [3.8, 4) is 0 Å². The summed E-state index contributed by atoms with van der Waals surface area (Å²) in [6.45, 7) is 10.5. The molecule has 1 saturated carbocycles. The highest BCUT2D eigenvalue weighted by molar-refractivity contribution is 7.09. The minimum absolute atomic E-state index is 0.448. The molecule has 1 fully saturated rings. The van der Waals surface area contributed by atoms with Crippen LogP contribution in [0.5, 0.6) is 0 Å². The first-order valence-corrected chi connectivity index (χ1v) is 8.49. The van der Waals surface area contributed by atoms with Gasteiger partial charge in [-0.25, -0.2) is 0 Å². The SMILES string of the molecule is CCNC1CCC(C(C)(C)C)CC1Cc1cncs1. The van der Waals surface area contributed by atoms with E-state index in [0.29, 0.717) is 11.5 Å². The zero-order valence-electron chi connectivity index (χ0n) is 12.8. The zero-order chi connectivity index (χ0) is 13.9. The fourth-order valence-electron chi connectivity index (χ4n) is 3.41. The second kappa shape index (κ2) is 6.36. The number of rotatable bonds is 4. The lowest BCUT2D eigenvalue weighted by Crippen LogP contribution is -2.43. The Labute approximate surface area is 122 Å². The summed E-state index contributed by atoms with van der Waals surface area (Å²) in [6, 6.07) is 0.700. The van der Waals surface area contributed by atoms with Crippen molar-refractivity contribution in [2.24, 2.45) is 17.3 Å². The van der Waals surface area contributed by atoms with Gasteiger partial charge < -0.3 is 5.32 Å². The molecule has 0 amide bonds. The summed E-state index contributed by atoms with van der Waals surface area (Å²) in [5.41, 5.74) is 2.41. The molecule has 3 heteroatoms. The Balaban J connectivity index is 2.04. The summed E-state index contributed by atoms with van der Waals surface area (Å²) < 4.78 is 0. The van der Waals surface area contributed by atoms with E-state index < -0.39 is 0 Å². The quantitative estimate of drug-likeness (QED) is 0.897. The second-order valence-electron chi connectivity index (χ2n) is 6.97. The predicted octanol–water partition coefficient (Wildman–Crippen LogP) is 4.13. The number of nitrogens with one attached hydrogen (secondary N) is 1. The average molecular weight is 280 g/mol. The van der Waals surface area contributed by atoms with Gasteiger partial charge in [0.15, 0.2) is 0 Å². The van der Waals surface area contributed by atoms with E-state index in [9.17, 15) is 0 Å². The molecule has 1 aromatic rings. The lowest BCUT2D eigenvalue weighted by Gasteiger charge is -2.42. The van der Waals surface area contributed by atoms with Gasteiger partial charge in [0, 0.05) is 17.1 Å². The molecular weight excluding hydrogens is 252 g/mol. The third-order valence-electron chi connectivity index (χ3n) is 4.62. The van der Waals surface area contributed by atoms with E-state index >= 15 is 0 Å². The van der Waals surface area contributed by atoms with Gasteiger partial charge in [-0.15, -0.1) is 11.3 Å². The van der Waals surface area contributed by atoms with Crippen LogP contribution in [0.2, 0.25) is 0 Å². The van der Waals surface area contributed by atoms with Crippen molar-refractivity contribution in [3.63, 3.8) is 0 Å². The third kappa shape index (κ3) is 4.03. The highest BCUT2D eigenvalue weighted by atomic mass is 32.1. The minimum atomic E-state index is 0.448. The second-order valence-corrected chi connectivity index (χ2v) is 7.94. The molecule has 1 aliphatic carbocycles. The Kier molecular flexibility index (Phi) is 5.02. The highest BCUT2D eigenvalue weighted by Gasteiger charge is 2.35. The molecule has 1 aliphatic rings. The summed E-state index contributed by atoms with van der Waals surface area (Å²) >= 11 is 1.81. The molecule has 1 heterocycles. The van der Waals surface area contributed by atoms with Crippen LogP contribution in [-0.4, -0.2) is 17.6 Å². The summed E-state index contributed by atoms with van der Waals surface area (Å²) in [4.78, 5) is 5.67. The Morgan fingerprint density at radius 2 is 2.16 bits per heavy atom. The predicted molar refractivity (Wildman–Crippen MR) is 83.6 cm³/mol. The van der Waals surface area contributed by atoms with Crippen LogP contribution in [0.15, 0.2) is 11.7 Å². The molecule has 0 radical (unpaired) electrons. The summed E-state index contributed by atoms with van der Waals surface area (Å²) in [5, 5.41) is 3.70. The molecule has 0 spiro atoms. The van der Waals surface area contributed by atoms with Crippen LogP contribution in [-0.2, 0) is 6.42 Å². The maximum absolute atomic E-state index is 4.22. The molecule has 19 heavy (non-hydrogen) atoms. The maximum Gasteiger partial charge on any atom is 0.0794 e. The number of hydrogen-bond acceptors (Lipinski definition) is 3. The molecule has 1 N–H and O–H groups in total. The van der Waals surface area contributed by atoms with Gasteiger partial charge in [-0.2, -0.15) is 0 Å². The fourth-order valence-corrected chi connectivity index (χ4v) is 4.10. The van der Waals surface area contributed by atoms with Crippen LogP contribution in [0, 0.1) is 17.3 Å². The van der Waals surface area contributed by atoms with E-state index in [-0.39, 0.29) is 0 Å². The Bertz CT molecular complexity index is 367. The van der Waals surface area contributed by atoms with Crippen molar-refractivity contribution in [3.05, 3.63) is 16.6 Å². The number of aromatic nitrogens is 1. The molecule has 3 atom stereocenters. The maximum atomic E-state index is 4.22. The van der Waals surface area contributed by atoms with Gasteiger partial charge in [-0.3, -0.25) is 4.98 Å². The minimum Gasteiger partial charge on any atom is -0.314 e. The first-order chi connectivity index (χ1) is 9.00. The molecule has 0 aromatic carbocycles. The normalized spacial score (nSPS) is 28.5. The number of nitrogens with zero attached hydrogens (tertiary/aromatic N) is 1. The smallest absolute Gasteiger partial charge is 0.0794 e. The molecule has 2 rings (SSSR count). The van der Waals surface area contributed by atoms with Gasteiger partial charge >= 0.3 is 0 Å². The van der Waals surface area contributed by atoms with Crippen LogP contribution >= 0.6 is 11.3 Å². The van der Waals surface area contributed by atoms with E-state index in [2.05, 4.69) is 38.0 Å². The Hall–Kier alpha value is -0.410. The first kappa shape index (κ1) is 15.0. The summed E-state index contributed by atoms with van der Waals surface area (Å²) in [7, 11) is 0. The van der Waals surface area contributed by atoms with Crippen LogP contribution in [0.1, 0.15) is 51.8 Å². The Morgan fingerprint density at radius 3 is 2.74 bits per heavy atom. The third-order valence-corrected chi connectivity index (χ3v) is 5.42. The van der Waals surface area contributed by atoms with Crippen molar-refractivity contribution < 1.29 is 0 Å². The van der Waals surface area contributed by atoms with Crippen LogP contribution in [0.25, 0.3) is 0 Å². The summed E-state index contributed by atoms with van der Waals surface area (Å²) in [5.74, 6) is 1.64. The van der Waals surface area contributed by atoms with Crippen LogP contribution < -0.4 is 5.32 Å². The van der Waals surface area contributed by atoms with Gasteiger partial charge in [-0.1, -0.05) is 27.7 Å². The molecule has 0 aliphatic heterocycles. The van der Waals surface area contributed by atoms with Gasteiger partial charge in [0.1, 0.15) is 0 Å². The van der Waals surface area contributed by atoms with Gasteiger partial charge in [0.05, 0.1) is 5.51 Å². The number of hydrogen-bond donors (Lipinski definition) is 1. The summed E-state index contributed by atoms with van der Waals surface area (Å²) in [6.07, 6.45) is 7.32. The highest BCUT2D eigenvalue weighted by Crippen LogP contribution is 2.41. The largest absolute Gasteiger partial charge is 0.314 e. The molecule has 1 aromatic heterocycles. The molecule has 0 bridgehead atoms. The van der Waals surface area contributed by atoms with Crippen molar-refractivity contribution in [2.45, 2.75) is 59.4 Å². The van der Waals surface area contributed by atoms with E-state index in [1.165, 1.54) is 30.6 Å². The van der Waals surface area contributed by atoms with Crippen LogP contribution in [0.3, 0.4) is 0 Å².